The van der Waals surface area contributed by atoms with Gasteiger partial charge in [0.15, 0.2) is 0 Å². The average molecular weight is 288 g/mol. The zero-order valence-corrected chi connectivity index (χ0v) is 11.2. The van der Waals surface area contributed by atoms with Crippen molar-refractivity contribution in [2.24, 2.45) is 0 Å². The smallest absolute Gasteiger partial charge is 0.141 e. The molecule has 0 aliphatic heterocycles. The van der Waals surface area contributed by atoms with E-state index in [9.17, 15) is 4.39 Å². The van der Waals surface area contributed by atoms with Crippen molar-refractivity contribution in [1.82, 2.24) is 4.98 Å². The van der Waals surface area contributed by atoms with Crippen LogP contribution in [0.1, 0.15) is 0 Å². The minimum absolute atomic E-state index is 0.0767. The molecule has 3 aromatic rings. The Morgan fingerprint density at radius 2 is 2.00 bits per heavy atom. The molecular weight excluding hydrogens is 277 g/mol. The van der Waals surface area contributed by atoms with Gasteiger partial charge in [0.2, 0.25) is 0 Å². The van der Waals surface area contributed by atoms with Crippen molar-refractivity contribution < 1.29 is 4.39 Å². The monoisotopic (exact) mass is 287 g/mol. The van der Waals surface area contributed by atoms with Gasteiger partial charge in [0.25, 0.3) is 0 Å². The number of nitrogens with one attached hydrogen (secondary N) is 1. The third kappa shape index (κ3) is 2.26. The van der Waals surface area contributed by atoms with E-state index in [0.29, 0.717) is 11.4 Å². The molecule has 0 amide bonds. The number of fused-ring (bicyclic) bond motifs is 1. The summed E-state index contributed by atoms with van der Waals surface area (Å²) >= 11 is 5.78. The maximum Gasteiger partial charge on any atom is 0.141 e. The number of para-hydroxylation sites is 1. The zero-order valence-electron chi connectivity index (χ0n) is 10.4. The number of pyridine rings is 1. The second kappa shape index (κ2) is 4.98. The van der Waals surface area contributed by atoms with E-state index >= 15 is 0 Å². The molecule has 1 aromatic heterocycles. The molecule has 0 aliphatic carbocycles. The highest BCUT2D eigenvalue weighted by molar-refractivity contribution is 6.31. The third-order valence-corrected chi connectivity index (χ3v) is 3.29. The zero-order chi connectivity index (χ0) is 14.1. The highest BCUT2D eigenvalue weighted by atomic mass is 35.5. The Balaban J connectivity index is 2.06. The van der Waals surface area contributed by atoms with Crippen LogP contribution in [0.2, 0.25) is 5.02 Å². The van der Waals surface area contributed by atoms with E-state index in [1.807, 2.05) is 18.2 Å². The van der Waals surface area contributed by atoms with Crippen LogP contribution in [0.15, 0.2) is 48.7 Å². The predicted molar refractivity (Wildman–Crippen MR) is 80.8 cm³/mol. The van der Waals surface area contributed by atoms with Crippen LogP contribution in [-0.2, 0) is 0 Å². The van der Waals surface area contributed by atoms with Gasteiger partial charge in [0.1, 0.15) is 5.82 Å². The lowest BCUT2D eigenvalue weighted by molar-refractivity contribution is 0.628. The molecule has 20 heavy (non-hydrogen) atoms. The largest absolute Gasteiger partial charge is 0.397 e. The molecule has 0 radical (unpaired) electrons. The summed E-state index contributed by atoms with van der Waals surface area (Å²) in [6, 6.07) is 11.9. The van der Waals surface area contributed by atoms with Gasteiger partial charge in [-0.25, -0.2) is 4.39 Å². The van der Waals surface area contributed by atoms with Crippen LogP contribution in [0.25, 0.3) is 10.9 Å². The van der Waals surface area contributed by atoms with Gasteiger partial charge in [-0.1, -0.05) is 23.7 Å². The molecule has 100 valence electrons. The normalized spacial score (nSPS) is 10.7. The molecule has 0 aliphatic rings. The lowest BCUT2D eigenvalue weighted by atomic mass is 10.1. The number of rotatable bonds is 2. The van der Waals surface area contributed by atoms with Crippen LogP contribution >= 0.6 is 11.6 Å². The minimum atomic E-state index is -0.443. The first-order valence-corrected chi connectivity index (χ1v) is 6.38. The SMILES string of the molecule is Nc1cccc2c(Nc3ccc(F)c(Cl)c3)ccnc12. The fraction of sp³-hybridized carbons (Fsp3) is 0. The van der Waals surface area contributed by atoms with Crippen molar-refractivity contribution in [3.05, 3.63) is 59.5 Å². The number of hydrogen-bond donors (Lipinski definition) is 2. The standard InChI is InChI=1S/C15H11ClFN3/c16-11-8-9(4-5-12(11)17)20-14-6-7-19-15-10(14)2-1-3-13(15)18/h1-8H,18H2,(H,19,20). The van der Waals surface area contributed by atoms with Gasteiger partial charge in [-0.05, 0) is 30.3 Å². The summed E-state index contributed by atoms with van der Waals surface area (Å²) in [7, 11) is 0. The minimum Gasteiger partial charge on any atom is -0.397 e. The number of anilines is 3. The van der Waals surface area contributed by atoms with E-state index < -0.39 is 5.82 Å². The molecular formula is C15H11ClFN3. The summed E-state index contributed by atoms with van der Waals surface area (Å²) < 4.78 is 13.2. The van der Waals surface area contributed by atoms with Crippen molar-refractivity contribution in [2.75, 3.05) is 11.1 Å². The van der Waals surface area contributed by atoms with Gasteiger partial charge in [0, 0.05) is 23.0 Å². The lowest BCUT2D eigenvalue weighted by Gasteiger charge is -2.10. The van der Waals surface area contributed by atoms with Gasteiger partial charge in [-0.2, -0.15) is 0 Å². The van der Waals surface area contributed by atoms with E-state index in [-0.39, 0.29) is 5.02 Å². The molecule has 0 spiro atoms. The topological polar surface area (TPSA) is 50.9 Å². The van der Waals surface area contributed by atoms with E-state index in [2.05, 4.69) is 10.3 Å². The average Bonchev–Trinajstić information content (AvgIpc) is 2.44. The fourth-order valence-corrected chi connectivity index (χ4v) is 2.22. The van der Waals surface area contributed by atoms with Gasteiger partial charge in [-0.3, -0.25) is 4.98 Å². The Labute approximate surface area is 120 Å². The Morgan fingerprint density at radius 1 is 1.15 bits per heavy atom. The molecule has 5 heteroatoms. The molecule has 0 saturated carbocycles. The molecule has 1 heterocycles. The number of hydrogen-bond acceptors (Lipinski definition) is 3. The van der Waals surface area contributed by atoms with E-state index in [1.54, 1.807) is 18.3 Å². The van der Waals surface area contributed by atoms with Crippen molar-refractivity contribution in [2.45, 2.75) is 0 Å². The van der Waals surface area contributed by atoms with Gasteiger partial charge >= 0.3 is 0 Å². The lowest BCUT2D eigenvalue weighted by Crippen LogP contribution is -1.95. The summed E-state index contributed by atoms with van der Waals surface area (Å²) in [5, 5.41) is 4.17. The third-order valence-electron chi connectivity index (χ3n) is 3.00. The van der Waals surface area contributed by atoms with Crippen LogP contribution in [0.5, 0.6) is 0 Å². The molecule has 0 unspecified atom stereocenters. The Bertz CT molecular complexity index is 789. The number of nitrogens with two attached hydrogens (primary N) is 1. The van der Waals surface area contributed by atoms with E-state index in [0.717, 1.165) is 16.6 Å². The van der Waals surface area contributed by atoms with Crippen LogP contribution in [-0.4, -0.2) is 4.98 Å². The number of halogens is 2. The second-order valence-corrected chi connectivity index (χ2v) is 4.76. The first-order valence-electron chi connectivity index (χ1n) is 6.00. The Morgan fingerprint density at radius 3 is 2.80 bits per heavy atom. The molecule has 3 N–H and O–H groups in total. The number of aromatic nitrogens is 1. The summed E-state index contributed by atoms with van der Waals surface area (Å²) in [4.78, 5) is 4.26. The Hall–Kier alpha value is -2.33. The van der Waals surface area contributed by atoms with Crippen molar-refractivity contribution in [1.29, 1.82) is 0 Å². The van der Waals surface area contributed by atoms with Crippen molar-refractivity contribution in [3.8, 4) is 0 Å². The summed E-state index contributed by atoms with van der Waals surface area (Å²) in [5.74, 6) is -0.443. The first kappa shape index (κ1) is 12.7. The summed E-state index contributed by atoms with van der Waals surface area (Å²) in [6.45, 7) is 0. The molecule has 3 nitrogen and oxygen atoms in total. The maximum atomic E-state index is 13.2. The van der Waals surface area contributed by atoms with Crippen molar-refractivity contribution in [3.63, 3.8) is 0 Å². The molecule has 0 atom stereocenters. The predicted octanol–water partition coefficient (Wildman–Crippen LogP) is 4.35. The van der Waals surface area contributed by atoms with Crippen LogP contribution in [0, 0.1) is 5.82 Å². The molecule has 2 aromatic carbocycles. The first-order chi connectivity index (χ1) is 9.65. The number of nitrogen functional groups attached to an aromatic ring is 1. The molecule has 3 rings (SSSR count). The number of nitrogens with zero attached hydrogens (tertiary/aromatic N) is 1. The fourth-order valence-electron chi connectivity index (χ4n) is 2.04. The Kier molecular flexibility index (Phi) is 3.16. The number of benzene rings is 2. The maximum absolute atomic E-state index is 13.2. The highest BCUT2D eigenvalue weighted by Crippen LogP contribution is 2.29. The van der Waals surface area contributed by atoms with Gasteiger partial charge in [0.05, 0.1) is 16.2 Å². The van der Waals surface area contributed by atoms with E-state index in [1.165, 1.54) is 12.1 Å². The van der Waals surface area contributed by atoms with Crippen LogP contribution < -0.4 is 11.1 Å². The van der Waals surface area contributed by atoms with Crippen molar-refractivity contribution >= 4 is 39.6 Å². The quantitative estimate of drug-likeness (QED) is 0.689. The molecule has 0 saturated heterocycles. The second-order valence-electron chi connectivity index (χ2n) is 4.36. The van der Waals surface area contributed by atoms with Crippen LogP contribution in [0.3, 0.4) is 0 Å². The summed E-state index contributed by atoms with van der Waals surface area (Å²) in [6.07, 6.45) is 1.67. The van der Waals surface area contributed by atoms with E-state index in [4.69, 9.17) is 17.3 Å². The van der Waals surface area contributed by atoms with Gasteiger partial charge < -0.3 is 11.1 Å². The summed E-state index contributed by atoms with van der Waals surface area (Å²) in [5.41, 5.74) is 8.78. The molecule has 0 bridgehead atoms. The highest BCUT2D eigenvalue weighted by Gasteiger charge is 2.06. The molecule has 0 fully saturated rings. The van der Waals surface area contributed by atoms with Crippen LogP contribution in [0.4, 0.5) is 21.5 Å². The van der Waals surface area contributed by atoms with Gasteiger partial charge in [-0.15, -0.1) is 0 Å².